The van der Waals surface area contributed by atoms with Crippen LogP contribution >= 0.6 is 11.6 Å². The number of anilines is 1. The first-order chi connectivity index (χ1) is 19.1. The SMILES string of the molecule is CCCCNC(=O)[C@H](CC)N(Cc1ccccc1C)C(=O)CN(c1ccc(C)cc1)S(=O)(=O)c1ccc(Cl)cc1. The van der Waals surface area contributed by atoms with Crippen LogP contribution in [0, 0.1) is 13.8 Å². The molecule has 0 bridgehead atoms. The van der Waals surface area contributed by atoms with Crippen molar-refractivity contribution in [2.45, 2.75) is 64.4 Å². The first kappa shape index (κ1) is 31.2. The van der Waals surface area contributed by atoms with Crippen molar-refractivity contribution in [1.29, 1.82) is 0 Å². The molecule has 1 N–H and O–H groups in total. The molecule has 3 aromatic carbocycles. The first-order valence-corrected chi connectivity index (χ1v) is 15.4. The van der Waals surface area contributed by atoms with Crippen molar-refractivity contribution >= 4 is 39.1 Å². The van der Waals surface area contributed by atoms with Crippen molar-refractivity contribution in [2.75, 3.05) is 17.4 Å². The van der Waals surface area contributed by atoms with Gasteiger partial charge in [0.25, 0.3) is 10.0 Å². The van der Waals surface area contributed by atoms with Crippen LogP contribution in [0.2, 0.25) is 5.02 Å². The van der Waals surface area contributed by atoms with Crippen LogP contribution in [0.4, 0.5) is 5.69 Å². The van der Waals surface area contributed by atoms with Crippen LogP contribution in [0.3, 0.4) is 0 Å². The van der Waals surface area contributed by atoms with Gasteiger partial charge in [-0.25, -0.2) is 8.42 Å². The Morgan fingerprint density at radius 3 is 2.17 bits per heavy atom. The summed E-state index contributed by atoms with van der Waals surface area (Å²) in [5.74, 6) is -0.723. The minimum Gasteiger partial charge on any atom is -0.354 e. The second-order valence-electron chi connectivity index (χ2n) is 9.82. The summed E-state index contributed by atoms with van der Waals surface area (Å²) in [5.41, 5.74) is 3.17. The van der Waals surface area contributed by atoms with Crippen LogP contribution in [-0.2, 0) is 26.2 Å². The molecule has 0 radical (unpaired) electrons. The quantitative estimate of drug-likeness (QED) is 0.255. The second kappa shape index (κ2) is 14.3. The van der Waals surface area contributed by atoms with Gasteiger partial charge in [0.15, 0.2) is 0 Å². The van der Waals surface area contributed by atoms with Gasteiger partial charge in [0.1, 0.15) is 12.6 Å². The molecule has 2 amide bonds. The minimum absolute atomic E-state index is 0.0140. The molecule has 9 heteroatoms. The Morgan fingerprint density at radius 2 is 1.57 bits per heavy atom. The van der Waals surface area contributed by atoms with Gasteiger partial charge >= 0.3 is 0 Å². The van der Waals surface area contributed by atoms with Gasteiger partial charge in [-0.2, -0.15) is 0 Å². The van der Waals surface area contributed by atoms with E-state index in [4.69, 9.17) is 11.6 Å². The molecule has 214 valence electrons. The summed E-state index contributed by atoms with van der Waals surface area (Å²) in [5, 5.41) is 3.35. The Balaban J connectivity index is 2.04. The van der Waals surface area contributed by atoms with Gasteiger partial charge in [0.05, 0.1) is 10.6 Å². The monoisotopic (exact) mass is 583 g/mol. The van der Waals surface area contributed by atoms with Crippen LogP contribution in [0.25, 0.3) is 0 Å². The van der Waals surface area contributed by atoms with Gasteiger partial charge in [-0.15, -0.1) is 0 Å². The van der Waals surface area contributed by atoms with Crippen molar-refractivity contribution in [3.8, 4) is 0 Å². The third-order valence-corrected chi connectivity index (χ3v) is 8.86. The van der Waals surface area contributed by atoms with E-state index >= 15 is 0 Å². The lowest BCUT2D eigenvalue weighted by molar-refractivity contribution is -0.140. The number of unbranched alkanes of at least 4 members (excludes halogenated alkanes) is 1. The number of aryl methyl sites for hydroxylation is 2. The van der Waals surface area contributed by atoms with Crippen LogP contribution in [0.1, 0.15) is 49.8 Å². The molecule has 3 aromatic rings. The summed E-state index contributed by atoms with van der Waals surface area (Å²) in [7, 11) is -4.14. The fraction of sp³-hybridized carbons (Fsp3) is 0.355. The van der Waals surface area contributed by atoms with Crippen LogP contribution in [0.15, 0.2) is 77.7 Å². The first-order valence-electron chi connectivity index (χ1n) is 13.5. The highest BCUT2D eigenvalue weighted by atomic mass is 35.5. The van der Waals surface area contributed by atoms with E-state index in [0.717, 1.165) is 33.8 Å². The molecule has 1 atom stereocenters. The summed E-state index contributed by atoms with van der Waals surface area (Å²) in [6, 6.07) is 19.7. The molecule has 0 aliphatic carbocycles. The highest BCUT2D eigenvalue weighted by molar-refractivity contribution is 7.92. The number of hydrogen-bond acceptors (Lipinski definition) is 4. The van der Waals surface area contributed by atoms with E-state index in [0.29, 0.717) is 23.7 Å². The summed E-state index contributed by atoms with van der Waals surface area (Å²) in [6.07, 6.45) is 2.13. The van der Waals surface area contributed by atoms with Crippen molar-refractivity contribution in [2.24, 2.45) is 0 Å². The maximum absolute atomic E-state index is 14.1. The number of carbonyl (C=O) groups excluding carboxylic acids is 2. The number of nitrogens with one attached hydrogen (secondary N) is 1. The van der Waals surface area contributed by atoms with E-state index in [1.165, 1.54) is 29.2 Å². The molecular formula is C31H38ClN3O4S. The Hall–Kier alpha value is -3.36. The number of amides is 2. The van der Waals surface area contributed by atoms with Crippen molar-refractivity contribution < 1.29 is 18.0 Å². The zero-order valence-electron chi connectivity index (χ0n) is 23.6. The molecule has 0 aliphatic heterocycles. The fourth-order valence-corrected chi connectivity index (χ4v) is 5.91. The molecule has 0 aromatic heterocycles. The number of benzene rings is 3. The van der Waals surface area contributed by atoms with Gasteiger partial charge in [-0.05, 0) is 74.2 Å². The second-order valence-corrected chi connectivity index (χ2v) is 12.1. The van der Waals surface area contributed by atoms with Crippen LogP contribution < -0.4 is 9.62 Å². The van der Waals surface area contributed by atoms with Crippen molar-refractivity contribution in [3.63, 3.8) is 0 Å². The van der Waals surface area contributed by atoms with E-state index in [1.807, 2.05) is 52.0 Å². The third-order valence-electron chi connectivity index (χ3n) is 6.82. The lowest BCUT2D eigenvalue weighted by Crippen LogP contribution is -2.52. The zero-order valence-corrected chi connectivity index (χ0v) is 25.1. The summed E-state index contributed by atoms with van der Waals surface area (Å²) in [6.45, 7) is 7.96. The van der Waals surface area contributed by atoms with E-state index in [-0.39, 0.29) is 17.3 Å². The predicted molar refractivity (Wildman–Crippen MR) is 161 cm³/mol. The molecule has 0 fully saturated rings. The zero-order chi connectivity index (χ0) is 29.3. The van der Waals surface area contributed by atoms with Crippen LogP contribution in [0.5, 0.6) is 0 Å². The number of halogens is 1. The predicted octanol–water partition coefficient (Wildman–Crippen LogP) is 5.88. The van der Waals surface area contributed by atoms with Gasteiger partial charge in [0, 0.05) is 18.1 Å². The molecule has 0 saturated heterocycles. The van der Waals surface area contributed by atoms with Crippen molar-refractivity contribution in [1.82, 2.24) is 10.2 Å². The third kappa shape index (κ3) is 7.86. The highest BCUT2D eigenvalue weighted by Crippen LogP contribution is 2.26. The lowest BCUT2D eigenvalue weighted by Gasteiger charge is -2.33. The topological polar surface area (TPSA) is 86.8 Å². The molecule has 40 heavy (non-hydrogen) atoms. The van der Waals surface area contributed by atoms with Gasteiger partial charge < -0.3 is 10.2 Å². The smallest absolute Gasteiger partial charge is 0.264 e. The normalized spacial score (nSPS) is 12.0. The molecule has 7 nitrogen and oxygen atoms in total. The van der Waals surface area contributed by atoms with Crippen molar-refractivity contribution in [3.05, 3.63) is 94.5 Å². The highest BCUT2D eigenvalue weighted by Gasteiger charge is 2.33. The summed E-state index contributed by atoms with van der Waals surface area (Å²) < 4.78 is 28.9. The molecule has 3 rings (SSSR count). The van der Waals surface area contributed by atoms with E-state index < -0.39 is 28.5 Å². The van der Waals surface area contributed by atoms with E-state index in [1.54, 1.807) is 24.3 Å². The fourth-order valence-electron chi connectivity index (χ4n) is 4.37. The van der Waals surface area contributed by atoms with Crippen LogP contribution in [-0.4, -0.2) is 44.3 Å². The van der Waals surface area contributed by atoms with Gasteiger partial charge in [0.2, 0.25) is 11.8 Å². The molecule has 0 saturated carbocycles. The van der Waals surface area contributed by atoms with Gasteiger partial charge in [-0.3, -0.25) is 13.9 Å². The maximum Gasteiger partial charge on any atom is 0.264 e. The van der Waals surface area contributed by atoms with E-state index in [2.05, 4.69) is 5.32 Å². The van der Waals surface area contributed by atoms with E-state index in [9.17, 15) is 18.0 Å². The number of rotatable bonds is 13. The lowest BCUT2D eigenvalue weighted by atomic mass is 10.1. The number of sulfonamides is 1. The largest absolute Gasteiger partial charge is 0.354 e. The average molecular weight is 584 g/mol. The maximum atomic E-state index is 14.1. The molecule has 0 unspecified atom stereocenters. The number of nitrogens with zero attached hydrogens (tertiary/aromatic N) is 2. The Morgan fingerprint density at radius 1 is 0.925 bits per heavy atom. The number of carbonyl (C=O) groups is 2. The molecular weight excluding hydrogens is 546 g/mol. The number of hydrogen-bond donors (Lipinski definition) is 1. The summed E-state index contributed by atoms with van der Waals surface area (Å²) >= 11 is 6.01. The molecule has 0 heterocycles. The minimum atomic E-state index is -4.14. The molecule has 0 spiro atoms. The Labute approximate surface area is 243 Å². The Kier molecular flexibility index (Phi) is 11.2. The molecule has 0 aliphatic rings. The Bertz CT molecular complexity index is 1390. The van der Waals surface area contributed by atoms with Gasteiger partial charge in [-0.1, -0.05) is 73.8 Å². The summed E-state index contributed by atoms with van der Waals surface area (Å²) in [4.78, 5) is 28.9. The standard InChI is InChI=1S/C31H38ClN3O4S/c1-5-7-20-33-31(37)29(6-2)34(21-25-11-9-8-10-24(25)4)30(36)22-35(27-16-12-23(3)13-17-27)40(38,39)28-18-14-26(32)15-19-28/h8-19,29H,5-7,20-22H2,1-4H3,(H,33,37)/t29-/m0/s1. The average Bonchev–Trinajstić information content (AvgIpc) is 2.93.